The van der Waals surface area contributed by atoms with Gasteiger partial charge in [-0.2, -0.15) is 0 Å². The van der Waals surface area contributed by atoms with Crippen LogP contribution in [0.3, 0.4) is 0 Å². The first kappa shape index (κ1) is 23.3. The van der Waals surface area contributed by atoms with Crippen LogP contribution in [-0.4, -0.2) is 24.2 Å². The van der Waals surface area contributed by atoms with Gasteiger partial charge in [-0.15, -0.1) is 0 Å². The third kappa shape index (κ3) is 7.71. The molecule has 3 rings (SSSR count). The molecule has 0 saturated carbocycles. The van der Waals surface area contributed by atoms with Gasteiger partial charge in [0.05, 0.1) is 13.2 Å². The number of hydrogen-bond donors (Lipinski definition) is 2. The molecular formula is C26H28N2O3S. The normalized spacial score (nSPS) is 10.5. The van der Waals surface area contributed by atoms with Crippen LogP contribution in [0.25, 0.3) is 0 Å². The Morgan fingerprint density at radius 3 is 2.38 bits per heavy atom. The summed E-state index contributed by atoms with van der Waals surface area (Å²) < 4.78 is 11.5. The summed E-state index contributed by atoms with van der Waals surface area (Å²) in [5.74, 6) is 1.62. The van der Waals surface area contributed by atoms with Crippen LogP contribution >= 0.6 is 12.2 Å². The van der Waals surface area contributed by atoms with Crippen LogP contribution in [0.5, 0.6) is 11.5 Å². The zero-order valence-electron chi connectivity index (χ0n) is 18.3. The second kappa shape index (κ2) is 11.9. The highest BCUT2D eigenvalue weighted by atomic mass is 32.1. The van der Waals surface area contributed by atoms with Gasteiger partial charge >= 0.3 is 0 Å². The van der Waals surface area contributed by atoms with Crippen LogP contribution in [0.15, 0.2) is 78.9 Å². The Morgan fingerprint density at radius 1 is 0.906 bits per heavy atom. The molecule has 0 fully saturated rings. The number of carbonyl (C=O) groups excluding carboxylic acids is 1. The first-order valence-corrected chi connectivity index (χ1v) is 11.0. The molecule has 0 radical (unpaired) electrons. The maximum atomic E-state index is 12.5. The average Bonchev–Trinajstić information content (AvgIpc) is 2.79. The van der Waals surface area contributed by atoms with Gasteiger partial charge in [0.15, 0.2) is 5.11 Å². The van der Waals surface area contributed by atoms with Crippen molar-refractivity contribution in [3.05, 3.63) is 90.0 Å². The standard InChI is InChI=1S/C26H28N2O3S/c1-19(2)18-31-23-13-11-21(12-14-23)25(29)28-26(32)27-22-9-6-10-24(17-22)30-16-15-20-7-4-3-5-8-20/h3-14,17,19H,15-16,18H2,1-2H3,(H2,27,28,29,32). The Kier molecular flexibility index (Phi) is 8.63. The molecule has 0 spiro atoms. The minimum atomic E-state index is -0.284. The van der Waals surface area contributed by atoms with Crippen molar-refractivity contribution < 1.29 is 14.3 Å². The van der Waals surface area contributed by atoms with E-state index >= 15 is 0 Å². The molecule has 0 aliphatic carbocycles. The summed E-state index contributed by atoms with van der Waals surface area (Å²) in [4.78, 5) is 12.5. The third-order valence-corrected chi connectivity index (χ3v) is 4.73. The summed E-state index contributed by atoms with van der Waals surface area (Å²) in [6.45, 7) is 5.38. The van der Waals surface area contributed by atoms with Gasteiger partial charge in [-0.25, -0.2) is 0 Å². The van der Waals surface area contributed by atoms with Crippen molar-refractivity contribution in [1.82, 2.24) is 5.32 Å². The van der Waals surface area contributed by atoms with Crippen LogP contribution in [0.2, 0.25) is 0 Å². The molecule has 2 N–H and O–H groups in total. The molecule has 32 heavy (non-hydrogen) atoms. The van der Waals surface area contributed by atoms with Gasteiger partial charge in [0.25, 0.3) is 5.91 Å². The second-order valence-corrected chi connectivity index (χ2v) is 8.16. The lowest BCUT2D eigenvalue weighted by Crippen LogP contribution is -2.34. The lowest BCUT2D eigenvalue weighted by molar-refractivity contribution is 0.0977. The fraction of sp³-hybridized carbons (Fsp3) is 0.231. The number of hydrogen-bond acceptors (Lipinski definition) is 4. The number of nitrogens with one attached hydrogen (secondary N) is 2. The molecule has 5 nitrogen and oxygen atoms in total. The van der Waals surface area contributed by atoms with E-state index in [4.69, 9.17) is 21.7 Å². The van der Waals surface area contributed by atoms with Gasteiger partial charge in [-0.3, -0.25) is 10.1 Å². The molecule has 0 atom stereocenters. The van der Waals surface area contributed by atoms with E-state index in [1.807, 2.05) is 42.5 Å². The Morgan fingerprint density at radius 2 is 1.66 bits per heavy atom. The molecule has 0 unspecified atom stereocenters. The molecule has 1 amide bonds. The van der Waals surface area contributed by atoms with Gasteiger partial charge < -0.3 is 14.8 Å². The van der Waals surface area contributed by atoms with E-state index in [0.717, 1.165) is 23.6 Å². The summed E-state index contributed by atoms with van der Waals surface area (Å²) in [5.41, 5.74) is 2.47. The molecule has 0 aliphatic heterocycles. The smallest absolute Gasteiger partial charge is 0.257 e. The average molecular weight is 449 g/mol. The first-order valence-electron chi connectivity index (χ1n) is 10.6. The summed E-state index contributed by atoms with van der Waals surface area (Å²) in [5, 5.41) is 5.95. The monoisotopic (exact) mass is 448 g/mol. The maximum absolute atomic E-state index is 12.5. The van der Waals surface area contributed by atoms with Crippen molar-refractivity contribution in [2.45, 2.75) is 20.3 Å². The van der Waals surface area contributed by atoms with E-state index in [9.17, 15) is 4.79 Å². The Balaban J connectivity index is 1.47. The number of anilines is 1. The Labute approximate surface area is 194 Å². The van der Waals surface area contributed by atoms with Gasteiger partial charge in [0, 0.05) is 23.7 Å². The predicted molar refractivity (Wildman–Crippen MR) is 133 cm³/mol. The van der Waals surface area contributed by atoms with Crippen LogP contribution in [-0.2, 0) is 6.42 Å². The van der Waals surface area contributed by atoms with Gasteiger partial charge in [0.1, 0.15) is 11.5 Å². The van der Waals surface area contributed by atoms with E-state index in [2.05, 4.69) is 36.6 Å². The highest BCUT2D eigenvalue weighted by Gasteiger charge is 2.09. The predicted octanol–water partition coefficient (Wildman–Crippen LogP) is 5.47. The van der Waals surface area contributed by atoms with E-state index < -0.39 is 0 Å². The molecule has 6 heteroatoms. The summed E-state index contributed by atoms with van der Waals surface area (Å²) >= 11 is 5.29. The van der Waals surface area contributed by atoms with Crippen molar-refractivity contribution >= 4 is 28.9 Å². The molecule has 3 aromatic rings. The minimum absolute atomic E-state index is 0.219. The quantitative estimate of drug-likeness (QED) is 0.425. The summed E-state index contributed by atoms with van der Waals surface area (Å²) in [6, 6.07) is 24.7. The largest absolute Gasteiger partial charge is 0.493 e. The van der Waals surface area contributed by atoms with E-state index in [-0.39, 0.29) is 11.0 Å². The Bertz CT molecular complexity index is 1020. The summed E-state index contributed by atoms with van der Waals surface area (Å²) in [6.07, 6.45) is 0.828. The molecular weight excluding hydrogens is 420 g/mol. The number of amides is 1. The van der Waals surface area contributed by atoms with Crippen molar-refractivity contribution in [2.75, 3.05) is 18.5 Å². The van der Waals surface area contributed by atoms with Gasteiger partial charge in [-0.05, 0) is 60.1 Å². The fourth-order valence-electron chi connectivity index (χ4n) is 2.90. The zero-order chi connectivity index (χ0) is 22.8. The number of rotatable bonds is 9. The van der Waals surface area contributed by atoms with Crippen molar-refractivity contribution in [3.8, 4) is 11.5 Å². The topological polar surface area (TPSA) is 59.6 Å². The molecule has 0 saturated heterocycles. The lowest BCUT2D eigenvalue weighted by Gasteiger charge is -2.12. The fourth-order valence-corrected chi connectivity index (χ4v) is 3.11. The molecule has 0 aliphatic rings. The number of ether oxygens (including phenoxy) is 2. The van der Waals surface area contributed by atoms with Crippen LogP contribution in [0.1, 0.15) is 29.8 Å². The molecule has 0 heterocycles. The number of carbonyl (C=O) groups is 1. The van der Waals surface area contributed by atoms with E-state index in [0.29, 0.717) is 24.7 Å². The van der Waals surface area contributed by atoms with E-state index in [1.54, 1.807) is 24.3 Å². The van der Waals surface area contributed by atoms with Crippen LogP contribution in [0, 0.1) is 5.92 Å². The van der Waals surface area contributed by atoms with Crippen molar-refractivity contribution in [3.63, 3.8) is 0 Å². The first-order chi connectivity index (χ1) is 15.5. The van der Waals surface area contributed by atoms with Crippen LogP contribution in [0.4, 0.5) is 5.69 Å². The molecule has 0 bridgehead atoms. The minimum Gasteiger partial charge on any atom is -0.493 e. The molecule has 0 aromatic heterocycles. The number of benzene rings is 3. The highest BCUT2D eigenvalue weighted by Crippen LogP contribution is 2.18. The van der Waals surface area contributed by atoms with Crippen molar-refractivity contribution in [2.24, 2.45) is 5.92 Å². The van der Waals surface area contributed by atoms with Crippen LogP contribution < -0.4 is 20.1 Å². The summed E-state index contributed by atoms with van der Waals surface area (Å²) in [7, 11) is 0. The maximum Gasteiger partial charge on any atom is 0.257 e. The Hall–Kier alpha value is -3.38. The lowest BCUT2D eigenvalue weighted by atomic mass is 10.2. The SMILES string of the molecule is CC(C)COc1ccc(C(=O)NC(=S)Nc2cccc(OCCc3ccccc3)c2)cc1. The number of thiocarbonyl (C=S) groups is 1. The molecule has 166 valence electrons. The third-order valence-electron chi connectivity index (χ3n) is 4.52. The highest BCUT2D eigenvalue weighted by molar-refractivity contribution is 7.80. The van der Waals surface area contributed by atoms with Crippen molar-refractivity contribution in [1.29, 1.82) is 0 Å². The van der Waals surface area contributed by atoms with Gasteiger partial charge in [0.2, 0.25) is 0 Å². The second-order valence-electron chi connectivity index (χ2n) is 7.75. The van der Waals surface area contributed by atoms with E-state index in [1.165, 1.54) is 5.56 Å². The molecule has 3 aromatic carbocycles. The zero-order valence-corrected chi connectivity index (χ0v) is 19.2. The van der Waals surface area contributed by atoms with Gasteiger partial charge in [-0.1, -0.05) is 50.2 Å².